The van der Waals surface area contributed by atoms with Crippen molar-refractivity contribution in [3.8, 4) is 5.75 Å². The molecule has 0 saturated carbocycles. The van der Waals surface area contributed by atoms with Crippen LogP contribution < -0.4 is 10.6 Å². The highest BCUT2D eigenvalue weighted by atomic mass is 127. The molecule has 0 aromatic heterocycles. The van der Waals surface area contributed by atoms with E-state index < -0.39 is 9.84 Å². The fourth-order valence-corrected chi connectivity index (χ4v) is 2.62. The Morgan fingerprint density at radius 1 is 1.39 bits per heavy atom. The van der Waals surface area contributed by atoms with Gasteiger partial charge in [-0.15, -0.1) is 24.0 Å². The molecule has 0 aliphatic rings. The maximum Gasteiger partial charge on any atom is 0.191 e. The van der Waals surface area contributed by atoms with Crippen LogP contribution in [0.4, 0.5) is 0 Å². The van der Waals surface area contributed by atoms with Crippen LogP contribution in [0.25, 0.3) is 0 Å². The van der Waals surface area contributed by atoms with Gasteiger partial charge in [0.05, 0.1) is 12.3 Å². The summed E-state index contributed by atoms with van der Waals surface area (Å²) < 4.78 is 22.4. The first kappa shape index (κ1) is 22.0. The second-order valence-corrected chi connectivity index (χ2v) is 7.59. The molecule has 1 atom stereocenters. The van der Waals surface area contributed by atoms with Crippen molar-refractivity contribution >= 4 is 39.8 Å². The largest absolute Gasteiger partial charge is 0.508 e. The molecule has 0 aliphatic carbocycles. The molecule has 1 unspecified atom stereocenters. The second kappa shape index (κ2) is 10.7. The Hall–Kier alpha value is -1.03. The van der Waals surface area contributed by atoms with E-state index in [0.29, 0.717) is 25.5 Å². The molecule has 1 rings (SSSR count). The first-order valence-electron chi connectivity index (χ1n) is 7.30. The van der Waals surface area contributed by atoms with Crippen molar-refractivity contribution in [2.75, 3.05) is 18.6 Å². The minimum absolute atomic E-state index is 0. The summed E-state index contributed by atoms with van der Waals surface area (Å²) in [6.07, 6.45) is 1.76. The van der Waals surface area contributed by atoms with Crippen LogP contribution in [0.15, 0.2) is 29.3 Å². The molecule has 23 heavy (non-hydrogen) atoms. The van der Waals surface area contributed by atoms with E-state index >= 15 is 0 Å². The van der Waals surface area contributed by atoms with Gasteiger partial charge in [0.15, 0.2) is 5.96 Å². The fraction of sp³-hybridized carbons (Fsp3) is 0.533. The molecule has 0 heterocycles. The van der Waals surface area contributed by atoms with E-state index in [1.807, 2.05) is 19.9 Å². The van der Waals surface area contributed by atoms with Gasteiger partial charge in [0, 0.05) is 18.8 Å². The predicted octanol–water partition coefficient (Wildman–Crippen LogP) is 1.89. The Bertz CT molecular complexity index is 606. The van der Waals surface area contributed by atoms with Gasteiger partial charge in [-0.2, -0.15) is 0 Å². The lowest BCUT2D eigenvalue weighted by atomic mass is 10.2. The lowest BCUT2D eigenvalue weighted by Gasteiger charge is -2.17. The lowest BCUT2D eigenvalue weighted by molar-refractivity contribution is 0.474. The van der Waals surface area contributed by atoms with Gasteiger partial charge in [-0.3, -0.25) is 0 Å². The van der Waals surface area contributed by atoms with Gasteiger partial charge in [0.1, 0.15) is 15.6 Å². The zero-order valence-electron chi connectivity index (χ0n) is 13.7. The summed E-state index contributed by atoms with van der Waals surface area (Å²) in [5.74, 6) is 0.992. The zero-order chi connectivity index (χ0) is 16.6. The topological polar surface area (TPSA) is 90.8 Å². The van der Waals surface area contributed by atoms with Crippen LogP contribution in [0.2, 0.25) is 0 Å². The van der Waals surface area contributed by atoms with Crippen molar-refractivity contribution in [1.29, 1.82) is 0 Å². The molecule has 0 bridgehead atoms. The number of rotatable bonds is 7. The molecule has 3 N–H and O–H groups in total. The van der Waals surface area contributed by atoms with E-state index in [4.69, 9.17) is 0 Å². The third-order valence-electron chi connectivity index (χ3n) is 2.98. The van der Waals surface area contributed by atoms with Gasteiger partial charge in [-0.25, -0.2) is 13.4 Å². The molecular formula is C15H26IN3O3S. The number of nitrogens with one attached hydrogen (secondary N) is 2. The number of nitrogens with zero attached hydrogens (tertiary/aromatic N) is 1. The molecule has 0 radical (unpaired) electrons. The summed E-state index contributed by atoms with van der Waals surface area (Å²) in [6, 6.07) is 6.94. The van der Waals surface area contributed by atoms with Crippen molar-refractivity contribution < 1.29 is 13.5 Å². The maximum absolute atomic E-state index is 11.2. The summed E-state index contributed by atoms with van der Waals surface area (Å²) >= 11 is 0. The number of halogens is 1. The van der Waals surface area contributed by atoms with E-state index in [1.54, 1.807) is 18.2 Å². The van der Waals surface area contributed by atoms with Crippen LogP contribution in [0.1, 0.15) is 25.8 Å². The average molecular weight is 455 g/mol. The number of guanidine groups is 1. The number of hydrogen-bond donors (Lipinski definition) is 3. The molecule has 0 saturated heterocycles. The number of phenolic OH excluding ortho intramolecular Hbond substituents is 1. The number of hydrogen-bond acceptors (Lipinski definition) is 4. The van der Waals surface area contributed by atoms with Crippen LogP contribution in [0.5, 0.6) is 5.75 Å². The van der Waals surface area contributed by atoms with Gasteiger partial charge < -0.3 is 15.7 Å². The third kappa shape index (κ3) is 10.4. The first-order valence-corrected chi connectivity index (χ1v) is 9.36. The summed E-state index contributed by atoms with van der Waals surface area (Å²) in [7, 11) is -2.96. The standard InChI is InChI=1S/C15H25N3O3S.HI/c1-4-16-15(18-12(2)8-9-22(3,20)21)17-11-13-6-5-7-14(19)10-13;/h5-7,10,12,19H,4,8-9,11H2,1-3H3,(H2,16,17,18);1H. The van der Waals surface area contributed by atoms with Crippen molar-refractivity contribution in [3.05, 3.63) is 29.8 Å². The highest BCUT2D eigenvalue weighted by molar-refractivity contribution is 14.0. The van der Waals surface area contributed by atoms with E-state index in [2.05, 4.69) is 15.6 Å². The first-order chi connectivity index (χ1) is 10.3. The molecule has 132 valence electrons. The van der Waals surface area contributed by atoms with Gasteiger partial charge >= 0.3 is 0 Å². The highest BCUT2D eigenvalue weighted by Gasteiger charge is 2.09. The fourth-order valence-electron chi connectivity index (χ4n) is 1.84. The second-order valence-electron chi connectivity index (χ2n) is 5.33. The van der Waals surface area contributed by atoms with Gasteiger partial charge in [-0.05, 0) is 38.0 Å². The highest BCUT2D eigenvalue weighted by Crippen LogP contribution is 2.11. The maximum atomic E-state index is 11.2. The van der Waals surface area contributed by atoms with Crippen molar-refractivity contribution in [2.24, 2.45) is 4.99 Å². The molecule has 8 heteroatoms. The third-order valence-corrected chi connectivity index (χ3v) is 3.96. The molecule has 1 aromatic rings. The summed E-state index contributed by atoms with van der Waals surface area (Å²) in [5.41, 5.74) is 0.904. The van der Waals surface area contributed by atoms with E-state index in [9.17, 15) is 13.5 Å². The van der Waals surface area contributed by atoms with Crippen molar-refractivity contribution in [1.82, 2.24) is 10.6 Å². The van der Waals surface area contributed by atoms with E-state index in [-0.39, 0.29) is 41.5 Å². The van der Waals surface area contributed by atoms with Crippen LogP contribution in [0.3, 0.4) is 0 Å². The summed E-state index contributed by atoms with van der Waals surface area (Å²) in [5, 5.41) is 15.7. The number of sulfone groups is 1. The molecule has 0 spiro atoms. The van der Waals surface area contributed by atoms with Gasteiger partial charge in [0.2, 0.25) is 0 Å². The molecule has 0 amide bonds. The van der Waals surface area contributed by atoms with Crippen LogP contribution >= 0.6 is 24.0 Å². The Morgan fingerprint density at radius 2 is 2.09 bits per heavy atom. The van der Waals surface area contributed by atoms with Crippen LogP contribution in [-0.4, -0.2) is 44.1 Å². The number of aromatic hydroxyl groups is 1. The Balaban J connectivity index is 0.00000484. The van der Waals surface area contributed by atoms with E-state index in [0.717, 1.165) is 5.56 Å². The number of benzene rings is 1. The van der Waals surface area contributed by atoms with Crippen LogP contribution in [-0.2, 0) is 16.4 Å². The minimum Gasteiger partial charge on any atom is -0.508 e. The van der Waals surface area contributed by atoms with Gasteiger partial charge in [0.25, 0.3) is 0 Å². The zero-order valence-corrected chi connectivity index (χ0v) is 16.9. The quantitative estimate of drug-likeness (QED) is 0.332. The van der Waals surface area contributed by atoms with E-state index in [1.165, 1.54) is 6.26 Å². The predicted molar refractivity (Wildman–Crippen MR) is 105 cm³/mol. The van der Waals surface area contributed by atoms with Crippen molar-refractivity contribution in [3.63, 3.8) is 0 Å². The SMILES string of the molecule is CCNC(=NCc1cccc(O)c1)NC(C)CCS(C)(=O)=O.I. The number of aliphatic imine (C=N–C) groups is 1. The molecule has 6 nitrogen and oxygen atoms in total. The summed E-state index contributed by atoms with van der Waals surface area (Å²) in [6.45, 7) is 5.03. The summed E-state index contributed by atoms with van der Waals surface area (Å²) in [4.78, 5) is 4.44. The van der Waals surface area contributed by atoms with Crippen molar-refractivity contribution in [2.45, 2.75) is 32.9 Å². The molecule has 0 aliphatic heterocycles. The lowest BCUT2D eigenvalue weighted by Crippen LogP contribution is -2.42. The van der Waals surface area contributed by atoms with Gasteiger partial charge in [-0.1, -0.05) is 12.1 Å². The molecule has 0 fully saturated rings. The molecular weight excluding hydrogens is 429 g/mol. The Kier molecular flexibility index (Phi) is 10.2. The minimum atomic E-state index is -2.96. The molecule has 1 aromatic carbocycles. The number of phenols is 1. The Labute approximate surface area is 155 Å². The Morgan fingerprint density at radius 3 is 2.65 bits per heavy atom. The average Bonchev–Trinajstić information content (AvgIpc) is 2.42. The smallest absolute Gasteiger partial charge is 0.191 e. The normalized spacial score (nSPS) is 13.1. The monoisotopic (exact) mass is 455 g/mol. The van der Waals surface area contributed by atoms with Crippen LogP contribution in [0, 0.1) is 0 Å².